The second-order valence-corrected chi connectivity index (χ2v) is 3.98. The zero-order valence-corrected chi connectivity index (χ0v) is 11.2. The quantitative estimate of drug-likeness (QED) is 0.506. The summed E-state index contributed by atoms with van der Waals surface area (Å²) >= 11 is 0. The Bertz CT molecular complexity index is 251. The van der Waals surface area contributed by atoms with Crippen LogP contribution in [0.15, 0.2) is 0 Å². The highest BCUT2D eigenvalue weighted by atomic mass is 16.7. The second-order valence-electron chi connectivity index (χ2n) is 3.98. The van der Waals surface area contributed by atoms with Gasteiger partial charge in [-0.2, -0.15) is 0 Å². The van der Waals surface area contributed by atoms with E-state index in [1.165, 1.54) is 7.11 Å². The van der Waals surface area contributed by atoms with Gasteiger partial charge in [-0.3, -0.25) is 9.59 Å². The van der Waals surface area contributed by atoms with Crippen LogP contribution in [-0.4, -0.2) is 31.9 Å². The average molecular weight is 246 g/mol. The second kappa shape index (κ2) is 8.06. The Morgan fingerprint density at radius 1 is 1.06 bits per heavy atom. The fourth-order valence-corrected chi connectivity index (χ4v) is 1.18. The van der Waals surface area contributed by atoms with E-state index in [4.69, 9.17) is 9.47 Å². The molecule has 0 aromatic carbocycles. The molecule has 3 atom stereocenters. The first-order valence-corrected chi connectivity index (χ1v) is 5.83. The third kappa shape index (κ3) is 5.68. The normalized spacial score (nSPS) is 15.8. The number of carbonyl (C=O) groups is 2. The molecular weight excluding hydrogens is 224 g/mol. The molecule has 0 heterocycles. The zero-order valence-electron chi connectivity index (χ0n) is 11.2. The number of carbonyl (C=O) groups excluding carboxylic acids is 2. The lowest BCUT2D eigenvalue weighted by Crippen LogP contribution is -2.30. The van der Waals surface area contributed by atoms with Gasteiger partial charge in [0, 0.05) is 0 Å². The molecule has 0 aliphatic carbocycles. The van der Waals surface area contributed by atoms with Gasteiger partial charge in [0.05, 0.1) is 25.6 Å². The Kier molecular flexibility index (Phi) is 7.54. The third-order valence-corrected chi connectivity index (χ3v) is 2.53. The molecule has 0 saturated carbocycles. The van der Waals surface area contributed by atoms with E-state index in [1.807, 2.05) is 6.92 Å². The van der Waals surface area contributed by atoms with Gasteiger partial charge in [-0.1, -0.05) is 20.8 Å². The van der Waals surface area contributed by atoms with Crippen LogP contribution >= 0.6 is 0 Å². The van der Waals surface area contributed by atoms with Crippen LogP contribution in [0.1, 0.15) is 34.1 Å². The molecule has 0 N–H and O–H groups in total. The van der Waals surface area contributed by atoms with Crippen LogP contribution in [0, 0.1) is 11.8 Å². The molecule has 0 saturated heterocycles. The van der Waals surface area contributed by atoms with Crippen LogP contribution in [0.4, 0.5) is 0 Å². The van der Waals surface area contributed by atoms with Crippen molar-refractivity contribution in [1.82, 2.24) is 0 Å². The molecule has 100 valence electrons. The topological polar surface area (TPSA) is 61.8 Å². The van der Waals surface area contributed by atoms with Crippen molar-refractivity contribution >= 4 is 11.9 Å². The number of hydrogen-bond donors (Lipinski definition) is 0. The Labute approximate surface area is 102 Å². The van der Waals surface area contributed by atoms with Crippen molar-refractivity contribution < 1.29 is 23.8 Å². The van der Waals surface area contributed by atoms with E-state index in [-0.39, 0.29) is 0 Å². The Balaban J connectivity index is 4.17. The van der Waals surface area contributed by atoms with E-state index >= 15 is 0 Å². The van der Waals surface area contributed by atoms with Gasteiger partial charge in [-0.05, 0) is 13.3 Å². The maximum Gasteiger partial charge on any atom is 0.311 e. The summed E-state index contributed by atoms with van der Waals surface area (Å²) in [6.07, 6.45) is 0.269. The molecule has 0 radical (unpaired) electrons. The van der Waals surface area contributed by atoms with E-state index in [9.17, 15) is 9.59 Å². The van der Waals surface area contributed by atoms with E-state index in [0.717, 1.165) is 6.42 Å². The van der Waals surface area contributed by atoms with Crippen molar-refractivity contribution in [3.63, 3.8) is 0 Å². The first-order chi connectivity index (χ1) is 7.93. The summed E-state index contributed by atoms with van der Waals surface area (Å²) in [6, 6.07) is 0. The van der Waals surface area contributed by atoms with Gasteiger partial charge < -0.3 is 14.2 Å². The molecule has 0 fully saturated rings. The van der Waals surface area contributed by atoms with Crippen molar-refractivity contribution in [2.24, 2.45) is 11.8 Å². The molecule has 17 heavy (non-hydrogen) atoms. The number of hydrogen-bond acceptors (Lipinski definition) is 5. The van der Waals surface area contributed by atoms with E-state index in [1.54, 1.807) is 20.8 Å². The minimum absolute atomic E-state index is 0.420. The minimum atomic E-state index is -0.588. The summed E-state index contributed by atoms with van der Waals surface area (Å²) in [5.41, 5.74) is 0. The highest BCUT2D eigenvalue weighted by Gasteiger charge is 2.29. The molecule has 0 aromatic rings. The van der Waals surface area contributed by atoms with Gasteiger partial charge >= 0.3 is 11.9 Å². The number of ether oxygens (including phenoxy) is 3. The van der Waals surface area contributed by atoms with Crippen LogP contribution in [-0.2, 0) is 23.8 Å². The summed E-state index contributed by atoms with van der Waals surface area (Å²) in [7, 11) is 1.30. The molecule has 0 aliphatic rings. The zero-order chi connectivity index (χ0) is 13.4. The lowest BCUT2D eigenvalue weighted by molar-refractivity contribution is -0.182. The van der Waals surface area contributed by atoms with E-state index in [2.05, 4.69) is 4.74 Å². The van der Waals surface area contributed by atoms with Crippen LogP contribution in [0.5, 0.6) is 0 Å². The van der Waals surface area contributed by atoms with Gasteiger partial charge in [-0.25, -0.2) is 0 Å². The lowest BCUT2D eigenvalue weighted by Gasteiger charge is -2.19. The molecule has 5 nitrogen and oxygen atoms in total. The molecular formula is C12H22O5. The molecule has 5 heteroatoms. The smallest absolute Gasteiger partial charge is 0.311 e. The summed E-state index contributed by atoms with van der Waals surface area (Å²) in [5.74, 6) is -1.94. The van der Waals surface area contributed by atoms with Gasteiger partial charge in [-0.15, -0.1) is 0 Å². The molecule has 0 spiro atoms. The van der Waals surface area contributed by atoms with E-state index < -0.39 is 30.1 Å². The summed E-state index contributed by atoms with van der Waals surface area (Å²) < 4.78 is 14.9. The molecule has 0 rings (SSSR count). The van der Waals surface area contributed by atoms with Crippen molar-refractivity contribution in [2.75, 3.05) is 13.7 Å². The summed E-state index contributed by atoms with van der Waals surface area (Å²) in [6.45, 7) is 7.43. The predicted octanol–water partition coefficient (Wildman–Crippen LogP) is 1.75. The van der Waals surface area contributed by atoms with Crippen molar-refractivity contribution in [1.29, 1.82) is 0 Å². The Morgan fingerprint density at radius 2 is 1.59 bits per heavy atom. The highest BCUT2D eigenvalue weighted by molar-refractivity contribution is 5.81. The molecule has 0 amide bonds. The predicted molar refractivity (Wildman–Crippen MR) is 62.1 cm³/mol. The SMILES string of the molecule is CCCOC(C)OC(=O)C(C)C(C)C(=O)OC. The number of methoxy groups -OCH3 is 1. The standard InChI is InChI=1S/C12H22O5/c1-6-7-16-10(4)17-12(14)9(3)8(2)11(13)15-5/h8-10H,6-7H2,1-5H3. The summed E-state index contributed by atoms with van der Waals surface area (Å²) in [5, 5.41) is 0. The highest BCUT2D eigenvalue weighted by Crippen LogP contribution is 2.15. The van der Waals surface area contributed by atoms with Crippen molar-refractivity contribution in [3.8, 4) is 0 Å². The van der Waals surface area contributed by atoms with Crippen molar-refractivity contribution in [2.45, 2.75) is 40.4 Å². The van der Waals surface area contributed by atoms with Crippen LogP contribution in [0.2, 0.25) is 0 Å². The van der Waals surface area contributed by atoms with Gasteiger partial charge in [0.25, 0.3) is 0 Å². The molecule has 0 aromatic heterocycles. The molecule has 0 aliphatic heterocycles. The summed E-state index contributed by atoms with van der Waals surface area (Å²) in [4.78, 5) is 22.9. The number of esters is 2. The molecule has 0 bridgehead atoms. The average Bonchev–Trinajstić information content (AvgIpc) is 2.33. The Hall–Kier alpha value is -1.10. The van der Waals surface area contributed by atoms with Crippen LogP contribution < -0.4 is 0 Å². The van der Waals surface area contributed by atoms with Crippen LogP contribution in [0.25, 0.3) is 0 Å². The van der Waals surface area contributed by atoms with Crippen LogP contribution in [0.3, 0.4) is 0 Å². The lowest BCUT2D eigenvalue weighted by atomic mass is 9.96. The monoisotopic (exact) mass is 246 g/mol. The van der Waals surface area contributed by atoms with Crippen molar-refractivity contribution in [3.05, 3.63) is 0 Å². The maximum absolute atomic E-state index is 11.7. The maximum atomic E-state index is 11.7. The first-order valence-electron chi connectivity index (χ1n) is 5.83. The van der Waals surface area contributed by atoms with E-state index in [0.29, 0.717) is 6.61 Å². The fourth-order valence-electron chi connectivity index (χ4n) is 1.18. The Morgan fingerprint density at radius 3 is 2.06 bits per heavy atom. The fraction of sp³-hybridized carbons (Fsp3) is 0.833. The first kappa shape index (κ1) is 15.9. The largest absolute Gasteiger partial charge is 0.469 e. The number of rotatable bonds is 7. The minimum Gasteiger partial charge on any atom is -0.469 e. The van der Waals surface area contributed by atoms with Gasteiger partial charge in [0.2, 0.25) is 0 Å². The molecule has 3 unspecified atom stereocenters. The van der Waals surface area contributed by atoms with Gasteiger partial charge in [0.1, 0.15) is 0 Å². The van der Waals surface area contributed by atoms with Gasteiger partial charge in [0.15, 0.2) is 6.29 Å². The third-order valence-electron chi connectivity index (χ3n) is 2.53.